The zero-order valence-electron chi connectivity index (χ0n) is 11.3. The molecule has 5 heterocycles. The topological polar surface area (TPSA) is 115 Å². The van der Waals surface area contributed by atoms with Crippen LogP contribution in [-0.2, 0) is 0 Å². The van der Waals surface area contributed by atoms with Crippen LogP contribution in [0.1, 0.15) is 0 Å². The third-order valence-corrected chi connectivity index (χ3v) is 3.75. The predicted molar refractivity (Wildman–Crippen MR) is 60.8 cm³/mol. The SMILES string of the molecule is [O-][Cl+3]([O-])([O-])[O-].c1ccc([N+]23CN4CN(CN(C4)C2)C3)nc1. The van der Waals surface area contributed by atoms with Crippen LogP contribution in [0.5, 0.6) is 0 Å². The van der Waals surface area contributed by atoms with Crippen molar-refractivity contribution in [2.24, 2.45) is 0 Å². The Bertz CT molecular complexity index is 456. The summed E-state index contributed by atoms with van der Waals surface area (Å²) in [5, 5.41) is 0. The van der Waals surface area contributed by atoms with Crippen LogP contribution in [0.25, 0.3) is 0 Å². The molecule has 4 fully saturated rings. The molecule has 0 saturated carbocycles. The Morgan fingerprint density at radius 3 is 1.76 bits per heavy atom. The zero-order valence-corrected chi connectivity index (χ0v) is 12.1. The molecule has 0 atom stereocenters. The Kier molecular flexibility index (Phi) is 3.86. The van der Waals surface area contributed by atoms with Crippen molar-refractivity contribution in [3.05, 3.63) is 24.4 Å². The van der Waals surface area contributed by atoms with Crippen LogP contribution in [0.3, 0.4) is 0 Å². The Labute approximate surface area is 124 Å². The van der Waals surface area contributed by atoms with Crippen LogP contribution in [-0.4, -0.2) is 59.7 Å². The summed E-state index contributed by atoms with van der Waals surface area (Å²) in [6.07, 6.45) is 1.91. The molecule has 116 valence electrons. The van der Waals surface area contributed by atoms with Crippen LogP contribution in [0.4, 0.5) is 5.82 Å². The molecule has 0 aromatic carbocycles. The van der Waals surface area contributed by atoms with Crippen LogP contribution in [0.2, 0.25) is 0 Å². The van der Waals surface area contributed by atoms with Gasteiger partial charge in [0.2, 0.25) is 5.82 Å². The zero-order chi connectivity index (χ0) is 15.1. The Morgan fingerprint density at radius 1 is 0.905 bits per heavy atom. The van der Waals surface area contributed by atoms with Crippen molar-refractivity contribution in [2.75, 3.05) is 40.0 Å². The number of nitrogens with zero attached hydrogens (tertiary/aromatic N) is 5. The van der Waals surface area contributed by atoms with Gasteiger partial charge in [0.1, 0.15) is 20.0 Å². The molecule has 0 amide bonds. The second-order valence-corrected chi connectivity index (χ2v) is 6.33. The first-order chi connectivity index (χ1) is 9.84. The van der Waals surface area contributed by atoms with Gasteiger partial charge in [0.15, 0.2) is 0 Å². The maximum atomic E-state index is 8.49. The van der Waals surface area contributed by atoms with Gasteiger partial charge in [-0.2, -0.15) is 0 Å². The van der Waals surface area contributed by atoms with Crippen molar-refractivity contribution < 1.29 is 28.9 Å². The lowest BCUT2D eigenvalue weighted by atomic mass is 10.2. The van der Waals surface area contributed by atoms with Crippen molar-refractivity contribution >= 4 is 5.82 Å². The highest BCUT2D eigenvalue weighted by molar-refractivity contribution is 5.34. The van der Waals surface area contributed by atoms with Gasteiger partial charge >= 0.3 is 0 Å². The van der Waals surface area contributed by atoms with Gasteiger partial charge in [-0.15, -0.1) is 10.2 Å². The van der Waals surface area contributed by atoms with Crippen molar-refractivity contribution in [3.8, 4) is 0 Å². The number of hydrogen-bond donors (Lipinski definition) is 0. The van der Waals surface area contributed by atoms with E-state index in [9.17, 15) is 0 Å². The van der Waals surface area contributed by atoms with Crippen molar-refractivity contribution in [1.82, 2.24) is 24.2 Å². The molecule has 4 aliphatic rings. The van der Waals surface area contributed by atoms with Gasteiger partial charge in [-0.1, -0.05) is 6.07 Å². The molecule has 4 bridgehead atoms. The Hall–Kier alpha value is -0.880. The molecule has 4 saturated heterocycles. The molecule has 0 N–H and O–H groups in total. The molecule has 0 aliphatic carbocycles. The van der Waals surface area contributed by atoms with Gasteiger partial charge in [0.25, 0.3) is 0 Å². The van der Waals surface area contributed by atoms with Crippen LogP contribution in [0, 0.1) is 10.2 Å². The maximum absolute atomic E-state index is 8.49. The first-order valence-corrected chi connectivity index (χ1v) is 7.64. The summed E-state index contributed by atoms with van der Waals surface area (Å²) in [4.78, 5) is 12.1. The summed E-state index contributed by atoms with van der Waals surface area (Å²) < 4.78 is 35.0. The average Bonchev–Trinajstić information content (AvgIpc) is 2.36. The largest absolute Gasteiger partial charge is 0.237 e. The number of halogens is 1. The normalized spacial score (nSPS) is 37.0. The monoisotopic (exact) mass is 317 g/mol. The van der Waals surface area contributed by atoms with Gasteiger partial charge in [0, 0.05) is 12.3 Å². The van der Waals surface area contributed by atoms with Crippen molar-refractivity contribution in [1.29, 1.82) is 0 Å². The molecule has 4 aliphatic heterocycles. The van der Waals surface area contributed by atoms with E-state index in [1.807, 2.05) is 12.3 Å². The van der Waals surface area contributed by atoms with E-state index in [1.54, 1.807) is 0 Å². The van der Waals surface area contributed by atoms with E-state index in [1.165, 1.54) is 5.82 Å². The van der Waals surface area contributed by atoms with Crippen molar-refractivity contribution in [3.63, 3.8) is 0 Å². The minimum Gasteiger partial charge on any atom is -0.237 e. The number of rotatable bonds is 1. The summed E-state index contributed by atoms with van der Waals surface area (Å²) in [6.45, 7) is 6.73. The molecule has 9 nitrogen and oxygen atoms in total. The lowest BCUT2D eigenvalue weighted by Gasteiger charge is -2.59. The van der Waals surface area contributed by atoms with E-state index in [2.05, 4.69) is 31.8 Å². The van der Waals surface area contributed by atoms with E-state index in [-0.39, 0.29) is 0 Å². The predicted octanol–water partition coefficient (Wildman–Crippen LogP) is -4.68. The lowest BCUT2D eigenvalue weighted by molar-refractivity contribution is -2.00. The van der Waals surface area contributed by atoms with Crippen LogP contribution < -0.4 is 23.1 Å². The van der Waals surface area contributed by atoms with E-state index < -0.39 is 10.2 Å². The first kappa shape index (κ1) is 15.0. The molecule has 1 aromatic heterocycles. The lowest BCUT2D eigenvalue weighted by Crippen LogP contribution is -2.80. The highest BCUT2D eigenvalue weighted by Gasteiger charge is 2.50. The molecule has 0 radical (unpaired) electrons. The summed E-state index contributed by atoms with van der Waals surface area (Å²) in [6, 6.07) is 6.25. The van der Waals surface area contributed by atoms with E-state index >= 15 is 0 Å². The van der Waals surface area contributed by atoms with Crippen LogP contribution in [0.15, 0.2) is 24.4 Å². The minimum absolute atomic E-state index is 0.987. The highest BCUT2D eigenvalue weighted by Crippen LogP contribution is 2.32. The quantitative estimate of drug-likeness (QED) is 0.475. The summed E-state index contributed by atoms with van der Waals surface area (Å²) in [5.41, 5.74) is 0. The minimum atomic E-state index is -4.94. The number of hydrogen-bond acceptors (Lipinski definition) is 8. The summed E-state index contributed by atoms with van der Waals surface area (Å²) >= 11 is 0. The van der Waals surface area contributed by atoms with Gasteiger partial charge in [-0.3, -0.25) is 0 Å². The highest BCUT2D eigenvalue weighted by atomic mass is 35.7. The Morgan fingerprint density at radius 2 is 1.38 bits per heavy atom. The Balaban J connectivity index is 0.000000233. The molecule has 0 spiro atoms. The molecule has 10 heteroatoms. The second-order valence-electron chi connectivity index (χ2n) is 5.57. The third kappa shape index (κ3) is 3.48. The standard InChI is InChI=1S/C11H16N5.ClHO4/c1-2-4-12-11(3-1)16-8-13-5-14(9-16)7-15(6-13)10-16;2-1(3,4)5/h1-4H,5-10H2;(H,2,3,4,5)/q+1;/p-1. The van der Waals surface area contributed by atoms with Crippen molar-refractivity contribution in [2.45, 2.75) is 0 Å². The van der Waals surface area contributed by atoms with E-state index in [0.717, 1.165) is 44.5 Å². The second kappa shape index (κ2) is 5.39. The van der Waals surface area contributed by atoms with E-state index in [0.29, 0.717) is 0 Å². The molecule has 0 unspecified atom stereocenters. The summed E-state index contributed by atoms with van der Waals surface area (Å²) in [5.74, 6) is 1.21. The smallest absolute Gasteiger partial charge is 0.230 e. The fraction of sp³-hybridized carbons (Fsp3) is 0.545. The van der Waals surface area contributed by atoms with Crippen LogP contribution >= 0.6 is 0 Å². The van der Waals surface area contributed by atoms with Gasteiger partial charge in [0.05, 0.1) is 20.0 Å². The fourth-order valence-electron chi connectivity index (χ4n) is 3.39. The maximum Gasteiger partial charge on any atom is 0.230 e. The van der Waals surface area contributed by atoms with Gasteiger partial charge < -0.3 is 0 Å². The molecule has 1 aromatic rings. The molecule has 5 rings (SSSR count). The first-order valence-electron chi connectivity index (χ1n) is 6.41. The number of aromatic nitrogens is 1. The third-order valence-electron chi connectivity index (χ3n) is 3.75. The fourth-order valence-corrected chi connectivity index (χ4v) is 3.39. The molecular formula is C11H16ClN5O4. The molecule has 21 heavy (non-hydrogen) atoms. The number of quaternary nitrogens is 1. The van der Waals surface area contributed by atoms with E-state index in [4.69, 9.17) is 18.6 Å². The number of pyridine rings is 1. The molecular weight excluding hydrogens is 302 g/mol. The summed E-state index contributed by atoms with van der Waals surface area (Å²) in [7, 11) is -4.94. The van der Waals surface area contributed by atoms with Gasteiger partial charge in [-0.05, 0) is 6.07 Å². The van der Waals surface area contributed by atoms with Gasteiger partial charge in [-0.25, -0.2) is 42.8 Å². The average molecular weight is 318 g/mol.